The van der Waals surface area contributed by atoms with Gasteiger partial charge in [0.25, 0.3) is 0 Å². The minimum atomic E-state index is -4.35. The number of aliphatic hydroxyl groups is 1. The number of allylic oxidation sites excluding steroid dienone is 3. The second kappa shape index (κ2) is 61.5. The molecule has 0 spiro atoms. The lowest BCUT2D eigenvalue weighted by Gasteiger charge is -2.25. The predicted molar refractivity (Wildman–Crippen MR) is 346 cm³/mol. The normalized spacial score (nSPS) is 13.8. The summed E-state index contributed by atoms with van der Waals surface area (Å²) in [6, 6.07) is -0.844. The lowest BCUT2D eigenvalue weighted by molar-refractivity contribution is -0.870. The van der Waals surface area contributed by atoms with Crippen molar-refractivity contribution < 1.29 is 32.9 Å². The maximum absolute atomic E-state index is 13.0. The van der Waals surface area contributed by atoms with Crippen molar-refractivity contribution in [1.82, 2.24) is 5.32 Å². The van der Waals surface area contributed by atoms with Gasteiger partial charge in [0, 0.05) is 6.42 Å². The molecule has 3 atom stereocenters. The number of nitrogens with one attached hydrogen (secondary N) is 1. The number of carbonyl (C=O) groups excluding carboxylic acids is 1. The third-order valence-electron chi connectivity index (χ3n) is 16.4. The molecule has 0 rings (SSSR count). The Balaban J connectivity index is 3.94. The van der Waals surface area contributed by atoms with Crippen LogP contribution in [0, 0.1) is 0 Å². The molecule has 0 fully saturated rings. The third-order valence-corrected chi connectivity index (χ3v) is 17.4. The highest BCUT2D eigenvalue weighted by atomic mass is 31.2. The van der Waals surface area contributed by atoms with Crippen molar-refractivity contribution in [3.8, 4) is 0 Å². The van der Waals surface area contributed by atoms with Gasteiger partial charge in [-0.2, -0.15) is 0 Å². The largest absolute Gasteiger partial charge is 0.472 e. The van der Waals surface area contributed by atoms with Crippen LogP contribution in [0.4, 0.5) is 0 Å². The molecule has 0 aromatic carbocycles. The topological polar surface area (TPSA) is 105 Å². The highest BCUT2D eigenvalue weighted by molar-refractivity contribution is 7.47. The molecule has 0 aliphatic heterocycles. The van der Waals surface area contributed by atoms with Gasteiger partial charge >= 0.3 is 7.82 Å². The highest BCUT2D eigenvalue weighted by Crippen LogP contribution is 2.43. The van der Waals surface area contributed by atoms with Gasteiger partial charge in [-0.15, -0.1) is 0 Å². The number of nitrogens with zero attached hydrogens (tertiary/aromatic N) is 1. The summed E-state index contributed by atoms with van der Waals surface area (Å²) in [4.78, 5) is 23.4. The number of phosphoric ester groups is 1. The first-order chi connectivity index (χ1) is 38.5. The molecule has 0 saturated heterocycles. The van der Waals surface area contributed by atoms with Crippen LogP contribution >= 0.6 is 7.82 Å². The van der Waals surface area contributed by atoms with Gasteiger partial charge in [0.2, 0.25) is 5.91 Å². The van der Waals surface area contributed by atoms with Gasteiger partial charge in [-0.3, -0.25) is 13.8 Å². The van der Waals surface area contributed by atoms with Crippen LogP contribution in [-0.4, -0.2) is 73.4 Å². The summed E-state index contributed by atoms with van der Waals surface area (Å²) in [7, 11) is 1.59. The Morgan fingerprint density at radius 1 is 0.418 bits per heavy atom. The van der Waals surface area contributed by atoms with Crippen LogP contribution in [0.3, 0.4) is 0 Å². The lowest BCUT2D eigenvalue weighted by Crippen LogP contribution is -2.45. The van der Waals surface area contributed by atoms with E-state index in [9.17, 15) is 19.4 Å². The fourth-order valence-corrected chi connectivity index (χ4v) is 11.7. The van der Waals surface area contributed by atoms with Crippen molar-refractivity contribution >= 4 is 13.7 Å². The molecule has 0 saturated carbocycles. The summed E-state index contributed by atoms with van der Waals surface area (Å²) in [5, 5.41) is 14.0. The van der Waals surface area contributed by atoms with E-state index in [1.54, 1.807) is 6.08 Å². The van der Waals surface area contributed by atoms with Crippen LogP contribution in [0.15, 0.2) is 24.3 Å². The Morgan fingerprint density at radius 2 is 0.684 bits per heavy atom. The van der Waals surface area contributed by atoms with Crippen LogP contribution in [0.2, 0.25) is 0 Å². The molecule has 0 aromatic rings. The maximum atomic E-state index is 13.0. The Labute approximate surface area is 494 Å². The van der Waals surface area contributed by atoms with Crippen molar-refractivity contribution in [1.29, 1.82) is 0 Å². The van der Waals surface area contributed by atoms with Crippen LogP contribution in [-0.2, 0) is 18.4 Å². The van der Waals surface area contributed by atoms with Crippen molar-refractivity contribution in [2.75, 3.05) is 40.9 Å². The van der Waals surface area contributed by atoms with E-state index in [1.807, 2.05) is 27.2 Å². The summed E-state index contributed by atoms with van der Waals surface area (Å²) in [6.07, 6.45) is 80.5. The zero-order valence-corrected chi connectivity index (χ0v) is 54.8. The summed E-state index contributed by atoms with van der Waals surface area (Å²) >= 11 is 0. The lowest BCUT2D eigenvalue weighted by atomic mass is 10.0. The average Bonchev–Trinajstić information content (AvgIpc) is 3.42. The van der Waals surface area contributed by atoms with Gasteiger partial charge in [-0.25, -0.2) is 4.57 Å². The number of aliphatic hydroxyl groups excluding tert-OH is 1. The molecule has 470 valence electrons. The number of unbranched alkanes of at least 4 members (excludes halogenated alkanes) is 51. The number of amides is 1. The van der Waals surface area contributed by atoms with E-state index in [0.29, 0.717) is 17.4 Å². The van der Waals surface area contributed by atoms with Crippen molar-refractivity contribution in [3.05, 3.63) is 24.3 Å². The monoisotopic (exact) mass is 1140 g/mol. The molecule has 3 N–H and O–H groups in total. The fraction of sp³-hybridized carbons (Fsp3) is 0.929. The fourth-order valence-electron chi connectivity index (χ4n) is 10.9. The van der Waals surface area contributed by atoms with Gasteiger partial charge < -0.3 is 19.8 Å². The van der Waals surface area contributed by atoms with Crippen LogP contribution in [0.5, 0.6) is 0 Å². The van der Waals surface area contributed by atoms with Crippen molar-refractivity contribution in [2.45, 2.75) is 379 Å². The second-order valence-corrected chi connectivity index (χ2v) is 27.1. The quantitative estimate of drug-likeness (QED) is 0.0243. The molecular formula is C70H140N2O6P+. The van der Waals surface area contributed by atoms with E-state index < -0.39 is 20.0 Å². The first-order valence-corrected chi connectivity index (χ1v) is 36.7. The minimum Gasteiger partial charge on any atom is -0.387 e. The molecule has 0 aromatic heterocycles. The minimum absolute atomic E-state index is 0.0647. The Kier molecular flexibility index (Phi) is 60.7. The number of phosphoric acid groups is 1. The molecule has 0 aliphatic carbocycles. The number of carbonyl (C=O) groups is 1. The molecule has 9 heteroatoms. The Bertz CT molecular complexity index is 1340. The van der Waals surface area contributed by atoms with Crippen molar-refractivity contribution in [2.24, 2.45) is 0 Å². The average molecular weight is 1140 g/mol. The Morgan fingerprint density at radius 3 is 0.975 bits per heavy atom. The molecule has 3 unspecified atom stereocenters. The van der Waals surface area contributed by atoms with Gasteiger partial charge in [-0.05, 0) is 44.9 Å². The molecule has 0 bridgehead atoms. The van der Waals surface area contributed by atoms with Crippen LogP contribution < -0.4 is 5.32 Å². The number of rotatable bonds is 66. The van der Waals surface area contributed by atoms with Crippen molar-refractivity contribution in [3.63, 3.8) is 0 Å². The zero-order chi connectivity index (χ0) is 57.7. The number of hydrogen-bond acceptors (Lipinski definition) is 5. The molecule has 0 aliphatic rings. The standard InChI is InChI=1S/C70H139N2O6P/c1-6-8-10-12-14-16-18-20-22-24-26-28-29-30-31-32-33-34-35-36-37-38-39-40-41-42-43-44-46-48-50-52-54-56-58-60-62-64-70(74)71-68(67-78-79(75,76)77-66-65-72(3,4)5)69(73)63-61-59-57-55-53-51-49-47-45-27-25-23-21-19-17-15-13-11-9-7-2/h24,26,61,63,68-69,73H,6-23,25,27-60,62,64-67H2,1-5H3,(H-,71,74,75,76)/p+1/b26-24-,63-61+. The summed E-state index contributed by atoms with van der Waals surface area (Å²) in [6.45, 7) is 4.87. The number of quaternary nitrogens is 1. The third kappa shape index (κ3) is 64.4. The van der Waals surface area contributed by atoms with E-state index in [2.05, 4.69) is 31.3 Å². The maximum Gasteiger partial charge on any atom is 0.472 e. The van der Waals surface area contributed by atoms with E-state index in [0.717, 1.165) is 32.1 Å². The molecule has 8 nitrogen and oxygen atoms in total. The predicted octanol–water partition coefficient (Wildman–Crippen LogP) is 22.3. The first-order valence-electron chi connectivity index (χ1n) is 35.2. The first kappa shape index (κ1) is 78.0. The SMILES string of the molecule is CCCCCCCCCC/C=C\CCCCCCCCCCCCCCCCCCCCCCCCCCCC(=O)NC(COP(=O)(O)OCC[N+](C)(C)C)C(O)/C=C/CCCCCCCCCCCCCCCCCCCC. The summed E-state index contributed by atoms with van der Waals surface area (Å²) in [5.74, 6) is -0.168. The zero-order valence-electron chi connectivity index (χ0n) is 53.9. The second-order valence-electron chi connectivity index (χ2n) is 25.6. The number of hydrogen-bond donors (Lipinski definition) is 3. The van der Waals surface area contributed by atoms with Crippen LogP contribution in [0.1, 0.15) is 367 Å². The van der Waals surface area contributed by atoms with E-state index in [-0.39, 0.29) is 19.1 Å². The van der Waals surface area contributed by atoms with E-state index in [4.69, 9.17) is 9.05 Å². The summed E-state index contributed by atoms with van der Waals surface area (Å²) < 4.78 is 23.8. The van der Waals surface area contributed by atoms with Gasteiger partial charge in [0.15, 0.2) is 0 Å². The molecule has 1 amide bonds. The summed E-state index contributed by atoms with van der Waals surface area (Å²) in [5.41, 5.74) is 0. The van der Waals surface area contributed by atoms with Gasteiger partial charge in [0.05, 0.1) is 39.9 Å². The molecule has 0 radical (unpaired) electrons. The molecule has 79 heavy (non-hydrogen) atoms. The smallest absolute Gasteiger partial charge is 0.387 e. The highest BCUT2D eigenvalue weighted by Gasteiger charge is 2.28. The molecular weight excluding hydrogens is 996 g/mol. The van der Waals surface area contributed by atoms with Gasteiger partial charge in [-0.1, -0.05) is 340 Å². The number of likely N-dealkylation sites (N-methyl/N-ethyl adjacent to an activating group) is 1. The van der Waals surface area contributed by atoms with E-state index >= 15 is 0 Å². The molecule has 0 heterocycles. The van der Waals surface area contributed by atoms with Crippen LogP contribution in [0.25, 0.3) is 0 Å². The Hall–Kier alpha value is -1.02. The van der Waals surface area contributed by atoms with E-state index in [1.165, 1.54) is 315 Å². The van der Waals surface area contributed by atoms with Gasteiger partial charge in [0.1, 0.15) is 13.2 Å².